The van der Waals surface area contributed by atoms with Gasteiger partial charge in [-0.2, -0.15) is 0 Å². The van der Waals surface area contributed by atoms with Crippen molar-refractivity contribution in [3.05, 3.63) is 52.5 Å². The highest BCUT2D eigenvalue weighted by molar-refractivity contribution is 7.92. The molecule has 3 rings (SSSR count). The third-order valence-corrected chi connectivity index (χ3v) is 5.89. The third-order valence-electron chi connectivity index (χ3n) is 3.96. The maximum Gasteiger partial charge on any atom is 0.261 e. The topological polar surface area (TPSA) is 66.5 Å². The minimum Gasteiger partial charge on any atom is -0.312 e. The quantitative estimate of drug-likeness (QED) is 0.833. The molecule has 1 heterocycles. The molecule has 0 aliphatic carbocycles. The van der Waals surface area contributed by atoms with E-state index in [2.05, 4.69) is 4.72 Å². The van der Waals surface area contributed by atoms with Crippen LogP contribution in [-0.4, -0.2) is 20.9 Å². The van der Waals surface area contributed by atoms with E-state index in [1.54, 1.807) is 23.1 Å². The van der Waals surface area contributed by atoms with Crippen LogP contribution in [0.25, 0.3) is 0 Å². The van der Waals surface area contributed by atoms with Crippen LogP contribution in [0.3, 0.4) is 0 Å². The zero-order valence-corrected chi connectivity index (χ0v) is 15.5. The smallest absolute Gasteiger partial charge is 0.261 e. The Hall–Kier alpha value is -1.76. The molecule has 1 saturated heterocycles. The van der Waals surface area contributed by atoms with Gasteiger partial charge in [-0.25, -0.2) is 8.42 Å². The number of sulfonamides is 1. The summed E-state index contributed by atoms with van der Waals surface area (Å²) in [7, 11) is -3.79. The lowest BCUT2D eigenvalue weighted by molar-refractivity contribution is -0.119. The van der Waals surface area contributed by atoms with Gasteiger partial charge in [0.25, 0.3) is 10.0 Å². The predicted octanol–water partition coefficient (Wildman–Crippen LogP) is 4.31. The Balaban J connectivity index is 1.81. The van der Waals surface area contributed by atoms with Crippen molar-refractivity contribution in [1.29, 1.82) is 0 Å². The van der Waals surface area contributed by atoms with Crippen LogP contribution in [0, 0.1) is 0 Å². The van der Waals surface area contributed by atoms with Gasteiger partial charge >= 0.3 is 0 Å². The van der Waals surface area contributed by atoms with Crippen molar-refractivity contribution in [2.75, 3.05) is 16.2 Å². The number of carbonyl (C=O) groups is 1. The molecule has 0 unspecified atom stereocenters. The molecule has 0 saturated carbocycles. The lowest BCUT2D eigenvalue weighted by atomic mass is 10.1. The van der Waals surface area contributed by atoms with Crippen molar-refractivity contribution in [3.63, 3.8) is 0 Å². The van der Waals surface area contributed by atoms with Gasteiger partial charge in [-0.15, -0.1) is 0 Å². The van der Waals surface area contributed by atoms with Crippen molar-refractivity contribution in [2.45, 2.75) is 24.2 Å². The molecule has 1 N–H and O–H groups in total. The summed E-state index contributed by atoms with van der Waals surface area (Å²) < 4.78 is 27.5. The second-order valence-corrected chi connectivity index (χ2v) is 8.25. The minimum atomic E-state index is -3.79. The number of benzene rings is 2. The molecule has 132 valence electrons. The lowest BCUT2D eigenvalue weighted by Gasteiger charge is -2.26. The highest BCUT2D eigenvalue weighted by Crippen LogP contribution is 2.28. The average Bonchev–Trinajstić information content (AvgIpc) is 2.58. The van der Waals surface area contributed by atoms with Gasteiger partial charge in [-0.3, -0.25) is 9.52 Å². The van der Waals surface area contributed by atoms with Crippen molar-refractivity contribution in [2.24, 2.45) is 0 Å². The van der Waals surface area contributed by atoms with Crippen LogP contribution >= 0.6 is 23.2 Å². The van der Waals surface area contributed by atoms with E-state index in [0.717, 1.165) is 12.8 Å². The summed E-state index contributed by atoms with van der Waals surface area (Å²) in [5.41, 5.74) is 0.953. The summed E-state index contributed by atoms with van der Waals surface area (Å²) in [6, 6.07) is 10.8. The largest absolute Gasteiger partial charge is 0.312 e. The molecular formula is C17H16Cl2N2O3S. The second-order valence-electron chi connectivity index (χ2n) is 5.73. The third kappa shape index (κ3) is 4.08. The van der Waals surface area contributed by atoms with Gasteiger partial charge in [0.05, 0.1) is 15.6 Å². The Morgan fingerprint density at radius 3 is 2.36 bits per heavy atom. The fourth-order valence-electron chi connectivity index (χ4n) is 2.66. The molecule has 1 amide bonds. The first kappa shape index (κ1) is 18.0. The van der Waals surface area contributed by atoms with Gasteiger partial charge in [0, 0.05) is 23.7 Å². The first-order chi connectivity index (χ1) is 11.9. The normalized spacial score (nSPS) is 15.3. The molecular weight excluding hydrogens is 383 g/mol. The summed E-state index contributed by atoms with van der Waals surface area (Å²) in [6.45, 7) is 0.656. The van der Waals surface area contributed by atoms with Crippen LogP contribution in [0.4, 0.5) is 11.4 Å². The van der Waals surface area contributed by atoms with E-state index in [-0.39, 0.29) is 21.5 Å². The summed E-state index contributed by atoms with van der Waals surface area (Å²) in [6.07, 6.45) is 2.37. The van der Waals surface area contributed by atoms with E-state index in [9.17, 15) is 13.2 Å². The standard InChI is InChI=1S/C17H16Cl2N2O3S/c18-12-4-9-16(15(19)11-12)20-25(23,24)14-7-5-13(6-8-14)21-10-2-1-3-17(21)22/h4-9,11,20H,1-3,10H2. The first-order valence-corrected chi connectivity index (χ1v) is 9.99. The number of hydrogen-bond acceptors (Lipinski definition) is 3. The summed E-state index contributed by atoms with van der Waals surface area (Å²) in [4.78, 5) is 13.7. The Morgan fingerprint density at radius 1 is 1.00 bits per heavy atom. The monoisotopic (exact) mass is 398 g/mol. The van der Waals surface area contributed by atoms with Crippen LogP contribution in [0.1, 0.15) is 19.3 Å². The highest BCUT2D eigenvalue weighted by Gasteiger charge is 2.21. The predicted molar refractivity (Wildman–Crippen MR) is 99.9 cm³/mol. The molecule has 2 aromatic carbocycles. The van der Waals surface area contributed by atoms with Gasteiger partial charge < -0.3 is 4.90 Å². The van der Waals surface area contributed by atoms with E-state index in [1.807, 2.05) is 0 Å². The number of hydrogen-bond donors (Lipinski definition) is 1. The van der Waals surface area contributed by atoms with Gasteiger partial charge in [0.2, 0.25) is 5.91 Å². The Kier molecular flexibility index (Phi) is 5.22. The zero-order chi connectivity index (χ0) is 18.0. The van der Waals surface area contributed by atoms with E-state index in [1.165, 1.54) is 24.3 Å². The first-order valence-electron chi connectivity index (χ1n) is 7.75. The average molecular weight is 399 g/mol. The van der Waals surface area contributed by atoms with E-state index >= 15 is 0 Å². The maximum absolute atomic E-state index is 12.5. The number of halogens is 2. The van der Waals surface area contributed by atoms with Gasteiger partial charge in [-0.1, -0.05) is 23.2 Å². The molecule has 5 nitrogen and oxygen atoms in total. The fraction of sp³-hybridized carbons (Fsp3) is 0.235. The number of nitrogens with one attached hydrogen (secondary N) is 1. The van der Waals surface area contributed by atoms with Crippen molar-refractivity contribution in [3.8, 4) is 0 Å². The Morgan fingerprint density at radius 2 is 1.72 bits per heavy atom. The molecule has 0 aromatic heterocycles. The minimum absolute atomic E-state index is 0.0629. The number of nitrogens with zero attached hydrogens (tertiary/aromatic N) is 1. The Bertz CT molecular complexity index is 899. The molecule has 0 radical (unpaired) electrons. The van der Waals surface area contributed by atoms with Gasteiger partial charge in [0.15, 0.2) is 0 Å². The van der Waals surface area contributed by atoms with Gasteiger partial charge in [-0.05, 0) is 55.3 Å². The van der Waals surface area contributed by atoms with E-state index in [4.69, 9.17) is 23.2 Å². The molecule has 0 bridgehead atoms. The van der Waals surface area contributed by atoms with Gasteiger partial charge in [0.1, 0.15) is 0 Å². The van der Waals surface area contributed by atoms with Crippen LogP contribution in [-0.2, 0) is 14.8 Å². The van der Waals surface area contributed by atoms with Crippen LogP contribution in [0.5, 0.6) is 0 Å². The maximum atomic E-state index is 12.5. The number of anilines is 2. The fourth-order valence-corrected chi connectivity index (χ4v) is 4.25. The molecule has 1 aliphatic heterocycles. The second kappa shape index (κ2) is 7.23. The summed E-state index contributed by atoms with van der Waals surface area (Å²) in [5.74, 6) is 0.0629. The van der Waals surface area contributed by atoms with Crippen molar-refractivity contribution >= 4 is 50.5 Å². The Labute approximate surface area is 156 Å². The summed E-state index contributed by atoms with van der Waals surface area (Å²) in [5, 5.41) is 0.634. The number of amides is 1. The molecule has 0 atom stereocenters. The molecule has 25 heavy (non-hydrogen) atoms. The molecule has 1 aliphatic rings. The van der Waals surface area contributed by atoms with Crippen molar-refractivity contribution in [1.82, 2.24) is 0 Å². The number of piperidine rings is 1. The van der Waals surface area contributed by atoms with Crippen LogP contribution in [0.2, 0.25) is 10.0 Å². The number of rotatable bonds is 4. The molecule has 0 spiro atoms. The summed E-state index contributed by atoms with van der Waals surface area (Å²) >= 11 is 11.8. The number of carbonyl (C=O) groups excluding carboxylic acids is 1. The van der Waals surface area contributed by atoms with Crippen molar-refractivity contribution < 1.29 is 13.2 Å². The highest BCUT2D eigenvalue weighted by atomic mass is 35.5. The molecule has 8 heteroatoms. The SMILES string of the molecule is O=C1CCCCN1c1ccc(S(=O)(=O)Nc2ccc(Cl)cc2Cl)cc1. The zero-order valence-electron chi connectivity index (χ0n) is 13.2. The van der Waals surface area contributed by atoms with Crippen LogP contribution < -0.4 is 9.62 Å². The molecule has 1 fully saturated rings. The van der Waals surface area contributed by atoms with E-state index in [0.29, 0.717) is 23.7 Å². The van der Waals surface area contributed by atoms with Crippen LogP contribution in [0.15, 0.2) is 47.4 Å². The molecule has 2 aromatic rings. The lowest BCUT2D eigenvalue weighted by Crippen LogP contribution is -2.35. The van der Waals surface area contributed by atoms with E-state index < -0.39 is 10.0 Å².